The first-order chi connectivity index (χ1) is 12.0. The van der Waals surface area contributed by atoms with E-state index < -0.39 is 6.04 Å². The van der Waals surface area contributed by atoms with Crippen LogP contribution in [0.1, 0.15) is 33.6 Å². The Morgan fingerprint density at radius 2 is 2.08 bits per heavy atom. The molecule has 0 aliphatic heterocycles. The molecule has 0 fully saturated rings. The third-order valence-corrected chi connectivity index (χ3v) is 5.21. The van der Waals surface area contributed by atoms with Gasteiger partial charge in [0.2, 0.25) is 5.91 Å². The van der Waals surface area contributed by atoms with Gasteiger partial charge in [0.15, 0.2) is 0 Å². The van der Waals surface area contributed by atoms with Gasteiger partial charge in [0.25, 0.3) is 5.91 Å². The summed E-state index contributed by atoms with van der Waals surface area (Å²) in [6.45, 7) is 4.35. The number of carbonyl (C=O) groups is 2. The predicted octanol–water partition coefficient (Wildman–Crippen LogP) is 2.93. The summed E-state index contributed by atoms with van der Waals surface area (Å²) in [4.78, 5) is 29.1. The molecule has 2 rings (SSSR count). The number of hydrogen-bond acceptors (Lipinski definition) is 5. The lowest BCUT2D eigenvalue weighted by molar-refractivity contribution is -0.123. The second-order valence-corrected chi connectivity index (χ2v) is 7.51. The molecule has 1 atom stereocenters. The standard InChI is InChI=1S/C18H23N3O2S2/c1-12-4-5-14(8-13(12)2)17(22)21-16(6-7-24-3)18(23)19-9-15-10-25-11-20-15/h4-5,8,10-11,16H,6-7,9H2,1-3H3,(H,19,23)(H,21,22)/t16-/m0/s1. The van der Waals surface area contributed by atoms with Gasteiger partial charge in [-0.25, -0.2) is 4.98 Å². The third kappa shape index (κ3) is 5.86. The monoisotopic (exact) mass is 377 g/mol. The second-order valence-electron chi connectivity index (χ2n) is 5.80. The molecule has 134 valence electrons. The molecule has 2 N–H and O–H groups in total. The molecule has 2 amide bonds. The summed E-state index contributed by atoms with van der Waals surface area (Å²) in [7, 11) is 0. The third-order valence-electron chi connectivity index (χ3n) is 3.93. The van der Waals surface area contributed by atoms with Crippen LogP contribution in [0.15, 0.2) is 29.1 Å². The molecular weight excluding hydrogens is 354 g/mol. The van der Waals surface area contributed by atoms with Crippen molar-refractivity contribution in [2.24, 2.45) is 0 Å². The van der Waals surface area contributed by atoms with Gasteiger partial charge in [0.1, 0.15) is 6.04 Å². The van der Waals surface area contributed by atoms with Gasteiger partial charge < -0.3 is 10.6 Å². The van der Waals surface area contributed by atoms with E-state index in [1.807, 2.05) is 37.6 Å². The molecule has 0 unspecified atom stereocenters. The molecule has 0 bridgehead atoms. The van der Waals surface area contributed by atoms with E-state index in [-0.39, 0.29) is 11.8 Å². The van der Waals surface area contributed by atoms with E-state index in [0.717, 1.165) is 22.6 Å². The molecule has 1 heterocycles. The van der Waals surface area contributed by atoms with Gasteiger partial charge in [0, 0.05) is 10.9 Å². The molecule has 0 saturated heterocycles. The van der Waals surface area contributed by atoms with E-state index in [1.54, 1.807) is 23.3 Å². The molecular formula is C18H23N3O2S2. The van der Waals surface area contributed by atoms with Crippen LogP contribution in [0.3, 0.4) is 0 Å². The van der Waals surface area contributed by atoms with Gasteiger partial charge in [0.05, 0.1) is 17.7 Å². The number of thiazole rings is 1. The van der Waals surface area contributed by atoms with E-state index in [9.17, 15) is 9.59 Å². The highest BCUT2D eigenvalue weighted by Gasteiger charge is 2.21. The highest BCUT2D eigenvalue weighted by molar-refractivity contribution is 7.98. The zero-order valence-electron chi connectivity index (χ0n) is 14.7. The van der Waals surface area contributed by atoms with Crippen molar-refractivity contribution >= 4 is 34.9 Å². The van der Waals surface area contributed by atoms with Crippen molar-refractivity contribution in [3.05, 3.63) is 51.5 Å². The first kappa shape index (κ1) is 19.5. The van der Waals surface area contributed by atoms with Crippen molar-refractivity contribution in [2.75, 3.05) is 12.0 Å². The van der Waals surface area contributed by atoms with Gasteiger partial charge in [-0.1, -0.05) is 6.07 Å². The molecule has 0 aliphatic rings. The van der Waals surface area contributed by atoms with Gasteiger partial charge in [-0.2, -0.15) is 11.8 Å². The first-order valence-corrected chi connectivity index (χ1v) is 10.4. The Labute approximate surface area is 156 Å². The minimum atomic E-state index is -0.555. The number of thioether (sulfide) groups is 1. The largest absolute Gasteiger partial charge is 0.349 e. The van der Waals surface area contributed by atoms with Gasteiger partial charge in [-0.05, 0) is 55.5 Å². The smallest absolute Gasteiger partial charge is 0.251 e. The molecule has 0 saturated carbocycles. The van der Waals surface area contributed by atoms with Crippen molar-refractivity contribution in [3.63, 3.8) is 0 Å². The number of aryl methyl sites for hydroxylation is 2. The summed E-state index contributed by atoms with van der Waals surface area (Å²) in [5.41, 5.74) is 5.32. The van der Waals surface area contributed by atoms with Crippen molar-refractivity contribution in [2.45, 2.75) is 32.9 Å². The van der Waals surface area contributed by atoms with E-state index in [1.165, 1.54) is 11.3 Å². The van der Waals surface area contributed by atoms with Crippen LogP contribution in [0.5, 0.6) is 0 Å². The van der Waals surface area contributed by atoms with Gasteiger partial charge in [-0.15, -0.1) is 11.3 Å². The lowest BCUT2D eigenvalue weighted by Crippen LogP contribution is -2.46. The Morgan fingerprint density at radius 3 is 2.72 bits per heavy atom. The number of amides is 2. The summed E-state index contributed by atoms with van der Waals surface area (Å²) in [6.07, 6.45) is 2.57. The van der Waals surface area contributed by atoms with Crippen LogP contribution in [0.4, 0.5) is 0 Å². The lowest BCUT2D eigenvalue weighted by atomic mass is 10.1. The maximum absolute atomic E-state index is 12.5. The van der Waals surface area contributed by atoms with E-state index in [2.05, 4.69) is 15.6 Å². The quantitative estimate of drug-likeness (QED) is 0.742. The van der Waals surface area contributed by atoms with Crippen molar-refractivity contribution in [3.8, 4) is 0 Å². The number of rotatable bonds is 8. The Bertz CT molecular complexity index is 717. The van der Waals surface area contributed by atoms with E-state index in [0.29, 0.717) is 18.5 Å². The Kier molecular flexibility index (Phi) is 7.46. The average molecular weight is 378 g/mol. The fraction of sp³-hybridized carbons (Fsp3) is 0.389. The Hall–Kier alpha value is -1.86. The first-order valence-electron chi connectivity index (χ1n) is 8.03. The molecule has 0 aliphatic carbocycles. The fourth-order valence-corrected chi connectivity index (χ4v) is 3.28. The summed E-state index contributed by atoms with van der Waals surface area (Å²) in [5.74, 6) is 0.388. The summed E-state index contributed by atoms with van der Waals surface area (Å²) in [5, 5.41) is 7.61. The van der Waals surface area contributed by atoms with Crippen molar-refractivity contribution in [1.29, 1.82) is 0 Å². The van der Waals surface area contributed by atoms with E-state index in [4.69, 9.17) is 0 Å². The number of nitrogens with zero attached hydrogens (tertiary/aromatic N) is 1. The molecule has 25 heavy (non-hydrogen) atoms. The molecule has 0 spiro atoms. The van der Waals surface area contributed by atoms with Gasteiger partial charge >= 0.3 is 0 Å². The van der Waals surface area contributed by atoms with Crippen LogP contribution in [0.25, 0.3) is 0 Å². The average Bonchev–Trinajstić information content (AvgIpc) is 3.12. The SMILES string of the molecule is CSCC[C@H](NC(=O)c1ccc(C)c(C)c1)C(=O)NCc1cscn1. The van der Waals surface area contributed by atoms with Crippen LogP contribution < -0.4 is 10.6 Å². The Balaban J connectivity index is 2.01. The number of hydrogen-bond donors (Lipinski definition) is 2. The van der Waals surface area contributed by atoms with E-state index >= 15 is 0 Å². The molecule has 1 aromatic heterocycles. The maximum Gasteiger partial charge on any atom is 0.251 e. The van der Waals surface area contributed by atoms with Crippen LogP contribution in [-0.2, 0) is 11.3 Å². The molecule has 5 nitrogen and oxygen atoms in total. The zero-order chi connectivity index (χ0) is 18.2. The van der Waals surface area contributed by atoms with Crippen LogP contribution in [-0.4, -0.2) is 34.8 Å². The van der Waals surface area contributed by atoms with Gasteiger partial charge in [-0.3, -0.25) is 9.59 Å². The van der Waals surface area contributed by atoms with Crippen molar-refractivity contribution in [1.82, 2.24) is 15.6 Å². The Morgan fingerprint density at radius 1 is 1.28 bits per heavy atom. The molecule has 0 radical (unpaired) electrons. The summed E-state index contributed by atoms with van der Waals surface area (Å²) in [6, 6.07) is 5.00. The fourth-order valence-electron chi connectivity index (χ4n) is 2.25. The summed E-state index contributed by atoms with van der Waals surface area (Å²) >= 11 is 3.14. The second kappa shape index (κ2) is 9.58. The minimum Gasteiger partial charge on any atom is -0.349 e. The van der Waals surface area contributed by atoms with Crippen LogP contribution in [0, 0.1) is 13.8 Å². The number of carbonyl (C=O) groups excluding carboxylic acids is 2. The highest BCUT2D eigenvalue weighted by atomic mass is 32.2. The molecule has 1 aromatic carbocycles. The predicted molar refractivity (Wildman–Crippen MR) is 104 cm³/mol. The van der Waals surface area contributed by atoms with Crippen LogP contribution in [0.2, 0.25) is 0 Å². The molecule has 7 heteroatoms. The number of nitrogens with one attached hydrogen (secondary N) is 2. The topological polar surface area (TPSA) is 71.1 Å². The minimum absolute atomic E-state index is 0.181. The van der Waals surface area contributed by atoms with Crippen molar-refractivity contribution < 1.29 is 9.59 Å². The highest BCUT2D eigenvalue weighted by Crippen LogP contribution is 2.11. The summed E-state index contributed by atoms with van der Waals surface area (Å²) < 4.78 is 0. The normalized spacial score (nSPS) is 11.8. The molecule has 2 aromatic rings. The zero-order valence-corrected chi connectivity index (χ0v) is 16.3. The van der Waals surface area contributed by atoms with Crippen LogP contribution >= 0.6 is 23.1 Å². The number of aromatic nitrogens is 1. The number of benzene rings is 1. The lowest BCUT2D eigenvalue weighted by Gasteiger charge is -2.18. The maximum atomic E-state index is 12.5.